The molecule has 0 bridgehead atoms. The number of amides is 1. The number of rotatable bonds is 4. The second-order valence-corrected chi connectivity index (χ2v) is 8.62. The van der Waals surface area contributed by atoms with Crippen LogP contribution < -0.4 is 0 Å². The number of para-hydroxylation sites is 2. The Labute approximate surface area is 179 Å². The lowest BCUT2D eigenvalue weighted by molar-refractivity contribution is 0.0705. The highest BCUT2D eigenvalue weighted by atomic mass is 32.2. The summed E-state index contributed by atoms with van der Waals surface area (Å²) in [6.07, 6.45) is 3.82. The molecule has 1 N–H and O–H groups in total. The fraction of sp³-hybridized carbons (Fsp3) is 0.208. The zero-order valence-corrected chi connectivity index (χ0v) is 17.3. The molecule has 1 saturated heterocycles. The number of nitrogens with one attached hydrogen (secondary N) is 1. The number of fused-ring (bicyclic) bond motifs is 1. The van der Waals surface area contributed by atoms with Gasteiger partial charge in [0, 0.05) is 35.7 Å². The van der Waals surface area contributed by atoms with E-state index in [-0.39, 0.29) is 11.8 Å². The minimum Gasteiger partial charge on any atom is -0.342 e. The number of hydrogen-bond donors (Lipinski definition) is 1. The highest BCUT2D eigenvalue weighted by molar-refractivity contribution is 7.99. The number of pyridine rings is 1. The van der Waals surface area contributed by atoms with Crippen LogP contribution in [0.15, 0.2) is 82.8 Å². The van der Waals surface area contributed by atoms with E-state index in [1.165, 1.54) is 0 Å². The first-order chi connectivity index (χ1) is 14.8. The Kier molecular flexibility index (Phi) is 5.24. The van der Waals surface area contributed by atoms with Crippen LogP contribution in [0.5, 0.6) is 0 Å². The zero-order chi connectivity index (χ0) is 20.3. The van der Waals surface area contributed by atoms with Crippen LogP contribution in [0.1, 0.15) is 34.9 Å². The molecule has 6 heteroatoms. The number of nitrogens with zero attached hydrogens (tertiary/aromatic N) is 3. The van der Waals surface area contributed by atoms with Crippen LogP contribution in [0.3, 0.4) is 0 Å². The van der Waals surface area contributed by atoms with Gasteiger partial charge in [-0.15, -0.1) is 0 Å². The van der Waals surface area contributed by atoms with E-state index < -0.39 is 0 Å². The summed E-state index contributed by atoms with van der Waals surface area (Å²) in [5, 5.41) is 0.946. The Balaban J connectivity index is 1.28. The molecule has 1 aliphatic rings. The summed E-state index contributed by atoms with van der Waals surface area (Å²) in [5.74, 6) is 1.31. The zero-order valence-electron chi connectivity index (χ0n) is 16.5. The van der Waals surface area contributed by atoms with Crippen LogP contribution in [0.4, 0.5) is 0 Å². The van der Waals surface area contributed by atoms with Gasteiger partial charge in [0.2, 0.25) is 0 Å². The molecule has 2 aromatic heterocycles. The molecule has 1 fully saturated rings. The maximum absolute atomic E-state index is 13.1. The minimum absolute atomic E-state index is 0.0881. The van der Waals surface area contributed by atoms with Gasteiger partial charge in [0.05, 0.1) is 11.0 Å². The molecule has 4 aromatic rings. The van der Waals surface area contributed by atoms with Crippen molar-refractivity contribution in [3.05, 3.63) is 84.3 Å². The highest BCUT2D eigenvalue weighted by Gasteiger charge is 2.27. The van der Waals surface area contributed by atoms with Gasteiger partial charge in [0.15, 0.2) is 0 Å². The molecule has 0 spiro atoms. The number of imidazole rings is 1. The monoisotopic (exact) mass is 414 g/mol. The molecule has 150 valence electrons. The summed E-state index contributed by atoms with van der Waals surface area (Å²) < 4.78 is 0. The van der Waals surface area contributed by atoms with Crippen LogP contribution in [0.25, 0.3) is 11.0 Å². The normalized spacial score (nSPS) is 16.7. The molecular formula is C24H22N4OS. The van der Waals surface area contributed by atoms with Crippen LogP contribution in [-0.4, -0.2) is 38.8 Å². The van der Waals surface area contributed by atoms with E-state index >= 15 is 0 Å². The summed E-state index contributed by atoms with van der Waals surface area (Å²) in [6, 6.07) is 21.8. The van der Waals surface area contributed by atoms with Crippen LogP contribution in [-0.2, 0) is 0 Å². The fourth-order valence-corrected chi connectivity index (χ4v) is 4.70. The van der Waals surface area contributed by atoms with Crippen LogP contribution in [0, 0.1) is 0 Å². The Morgan fingerprint density at radius 2 is 1.87 bits per heavy atom. The highest BCUT2D eigenvalue weighted by Crippen LogP contribution is 2.29. The largest absolute Gasteiger partial charge is 0.342 e. The third-order valence-corrected chi connectivity index (χ3v) is 6.42. The van der Waals surface area contributed by atoms with Gasteiger partial charge in [-0.1, -0.05) is 30.0 Å². The van der Waals surface area contributed by atoms with Gasteiger partial charge in [-0.2, -0.15) is 0 Å². The number of aromatic amines is 1. The first kappa shape index (κ1) is 18.9. The summed E-state index contributed by atoms with van der Waals surface area (Å²) in [7, 11) is 0. The molecule has 1 amide bonds. The number of benzene rings is 2. The minimum atomic E-state index is 0.0881. The Bertz CT molecular complexity index is 1120. The predicted molar refractivity (Wildman–Crippen MR) is 119 cm³/mol. The number of likely N-dealkylation sites (tertiary alicyclic amines) is 1. The molecule has 5 rings (SSSR count). The van der Waals surface area contributed by atoms with Crippen molar-refractivity contribution in [3.63, 3.8) is 0 Å². The van der Waals surface area contributed by atoms with E-state index in [0.717, 1.165) is 51.7 Å². The third-order valence-electron chi connectivity index (χ3n) is 5.46. The number of hydrogen-bond acceptors (Lipinski definition) is 4. The quantitative estimate of drug-likeness (QED) is 0.503. The SMILES string of the molecule is O=C(c1ccc(Sc2ccccn2)cc1)N1CCCC(c2nc3ccccc3[nH]2)C1. The molecule has 0 aliphatic carbocycles. The lowest BCUT2D eigenvalue weighted by Gasteiger charge is -2.32. The smallest absolute Gasteiger partial charge is 0.253 e. The molecule has 30 heavy (non-hydrogen) atoms. The van der Waals surface area contributed by atoms with E-state index in [0.29, 0.717) is 6.54 Å². The molecule has 5 nitrogen and oxygen atoms in total. The fourth-order valence-electron chi connectivity index (χ4n) is 3.93. The van der Waals surface area contributed by atoms with Crippen molar-refractivity contribution >= 4 is 28.7 Å². The first-order valence-electron chi connectivity index (χ1n) is 10.2. The lowest BCUT2D eigenvalue weighted by Crippen LogP contribution is -2.39. The summed E-state index contributed by atoms with van der Waals surface area (Å²) in [6.45, 7) is 1.49. The molecular weight excluding hydrogens is 392 g/mol. The van der Waals surface area contributed by atoms with Gasteiger partial charge in [-0.3, -0.25) is 4.79 Å². The second kappa shape index (κ2) is 8.32. The maximum atomic E-state index is 13.1. The van der Waals surface area contributed by atoms with E-state index in [2.05, 4.69) is 9.97 Å². The van der Waals surface area contributed by atoms with Crippen LogP contribution in [0.2, 0.25) is 0 Å². The average molecular weight is 415 g/mol. The molecule has 1 unspecified atom stereocenters. The van der Waals surface area contributed by atoms with E-state index in [1.54, 1.807) is 18.0 Å². The van der Waals surface area contributed by atoms with Gasteiger partial charge >= 0.3 is 0 Å². The van der Waals surface area contributed by atoms with Crippen molar-refractivity contribution in [3.8, 4) is 0 Å². The van der Waals surface area contributed by atoms with Gasteiger partial charge in [-0.25, -0.2) is 9.97 Å². The van der Waals surface area contributed by atoms with Crippen molar-refractivity contribution in [1.82, 2.24) is 19.9 Å². The van der Waals surface area contributed by atoms with Crippen LogP contribution >= 0.6 is 11.8 Å². The molecule has 1 atom stereocenters. The van der Waals surface area contributed by atoms with Crippen molar-refractivity contribution in [2.75, 3.05) is 13.1 Å². The van der Waals surface area contributed by atoms with E-state index in [9.17, 15) is 4.79 Å². The number of carbonyl (C=O) groups is 1. The molecule has 1 aliphatic heterocycles. The number of aromatic nitrogens is 3. The number of H-pyrrole nitrogens is 1. The van der Waals surface area contributed by atoms with Crippen molar-refractivity contribution in [2.45, 2.75) is 28.7 Å². The molecule has 2 aromatic carbocycles. The van der Waals surface area contributed by atoms with E-state index in [4.69, 9.17) is 4.98 Å². The van der Waals surface area contributed by atoms with Gasteiger partial charge in [-0.05, 0) is 61.4 Å². The van der Waals surface area contributed by atoms with Crippen molar-refractivity contribution in [2.24, 2.45) is 0 Å². The Hall–Kier alpha value is -3.12. The van der Waals surface area contributed by atoms with Gasteiger partial charge in [0.25, 0.3) is 5.91 Å². The maximum Gasteiger partial charge on any atom is 0.253 e. The van der Waals surface area contributed by atoms with Crippen molar-refractivity contribution in [1.29, 1.82) is 0 Å². The van der Waals surface area contributed by atoms with Crippen molar-refractivity contribution < 1.29 is 4.79 Å². The first-order valence-corrected chi connectivity index (χ1v) is 11.0. The lowest BCUT2D eigenvalue weighted by atomic mass is 9.96. The third kappa shape index (κ3) is 3.96. The average Bonchev–Trinajstić information content (AvgIpc) is 3.24. The summed E-state index contributed by atoms with van der Waals surface area (Å²) in [4.78, 5) is 28.7. The molecule has 0 saturated carbocycles. The standard InChI is InChI=1S/C24H22N4OS/c29-24(17-10-12-19(13-11-17)30-22-9-3-4-14-25-22)28-15-5-6-18(16-28)23-26-20-7-1-2-8-21(20)27-23/h1-4,7-14,18H,5-6,15-16H2,(H,26,27). The molecule has 0 radical (unpaired) electrons. The Morgan fingerprint density at radius 1 is 1.03 bits per heavy atom. The van der Waals surface area contributed by atoms with Gasteiger partial charge in [0.1, 0.15) is 10.9 Å². The number of piperidine rings is 1. The Morgan fingerprint density at radius 3 is 2.67 bits per heavy atom. The second-order valence-electron chi connectivity index (χ2n) is 7.52. The van der Waals surface area contributed by atoms with Gasteiger partial charge < -0.3 is 9.88 Å². The predicted octanol–water partition coefficient (Wildman–Crippen LogP) is 5.13. The topological polar surface area (TPSA) is 61.9 Å². The van der Waals surface area contributed by atoms with E-state index in [1.807, 2.05) is 71.6 Å². The summed E-state index contributed by atoms with van der Waals surface area (Å²) in [5.41, 5.74) is 2.76. The number of carbonyl (C=O) groups excluding carboxylic acids is 1. The summed E-state index contributed by atoms with van der Waals surface area (Å²) >= 11 is 1.59. The molecule has 3 heterocycles.